The molecular formula is C30H31BrO2Si. The van der Waals surface area contributed by atoms with Crippen molar-refractivity contribution in [2.45, 2.75) is 37.7 Å². The van der Waals surface area contributed by atoms with Crippen LogP contribution in [0.5, 0.6) is 11.5 Å². The van der Waals surface area contributed by atoms with Crippen LogP contribution in [0, 0.1) is 0 Å². The number of halogens is 1. The van der Waals surface area contributed by atoms with E-state index in [0.717, 1.165) is 28.0 Å². The molecule has 0 spiro atoms. The number of benzene rings is 4. The zero-order valence-corrected chi connectivity index (χ0v) is 22.6. The van der Waals surface area contributed by atoms with Crippen LogP contribution < -0.4 is 19.5 Å². The van der Waals surface area contributed by atoms with E-state index in [4.69, 9.17) is 9.16 Å². The lowest BCUT2D eigenvalue weighted by Crippen LogP contribution is -2.68. The maximum atomic E-state index is 7.26. The van der Waals surface area contributed by atoms with E-state index in [1.54, 1.807) is 0 Å². The lowest BCUT2D eigenvalue weighted by molar-refractivity contribution is 0.295. The molecule has 4 aromatic rings. The van der Waals surface area contributed by atoms with Gasteiger partial charge in [-0.3, -0.25) is 0 Å². The summed E-state index contributed by atoms with van der Waals surface area (Å²) in [4.78, 5) is 0. The quantitative estimate of drug-likeness (QED) is 0.178. The molecule has 0 saturated carbocycles. The smallest absolute Gasteiger partial charge is 0.320 e. The van der Waals surface area contributed by atoms with Crippen molar-refractivity contribution in [1.82, 2.24) is 0 Å². The van der Waals surface area contributed by atoms with Gasteiger partial charge in [0.15, 0.2) is 5.75 Å². The molecule has 4 aromatic carbocycles. The van der Waals surface area contributed by atoms with E-state index in [1.807, 2.05) is 18.2 Å². The van der Waals surface area contributed by atoms with E-state index in [2.05, 4.69) is 128 Å². The molecule has 0 aromatic heterocycles. The summed E-state index contributed by atoms with van der Waals surface area (Å²) in [7, 11) is -2.75. The van der Waals surface area contributed by atoms with Crippen LogP contribution in [0.15, 0.2) is 109 Å². The first kappa shape index (κ1) is 24.3. The van der Waals surface area contributed by atoms with Crippen LogP contribution in [0.25, 0.3) is 0 Å². The van der Waals surface area contributed by atoms with Crippen molar-refractivity contribution < 1.29 is 9.16 Å². The molecule has 0 aliphatic carbocycles. The maximum Gasteiger partial charge on any atom is 0.320 e. The summed E-state index contributed by atoms with van der Waals surface area (Å²) in [5.41, 5.74) is 2.28. The summed E-state index contributed by atoms with van der Waals surface area (Å²) in [5, 5.41) is 3.12. The average molecular weight is 532 g/mol. The molecule has 0 fully saturated rings. The lowest BCUT2D eigenvalue weighted by Gasteiger charge is -2.43. The van der Waals surface area contributed by atoms with Crippen molar-refractivity contribution in [3.8, 4) is 11.5 Å². The van der Waals surface area contributed by atoms with E-state index in [-0.39, 0.29) is 5.04 Å². The van der Waals surface area contributed by atoms with Crippen molar-refractivity contribution >= 4 is 34.6 Å². The molecule has 0 atom stereocenters. The highest BCUT2D eigenvalue weighted by Gasteiger charge is 2.52. The fourth-order valence-electron chi connectivity index (χ4n) is 4.38. The Balaban J connectivity index is 1.83. The number of hydrogen-bond acceptors (Lipinski definition) is 2. The SMILES string of the molecule is CC(C)(C)[Si](Oc1ccc(CBr)cc1OCc1ccccc1)(c1ccccc1)c1ccccc1. The van der Waals surface area contributed by atoms with Crippen LogP contribution >= 0.6 is 15.9 Å². The third kappa shape index (κ3) is 5.13. The van der Waals surface area contributed by atoms with E-state index >= 15 is 0 Å². The van der Waals surface area contributed by atoms with Crippen LogP contribution in [0.3, 0.4) is 0 Å². The normalized spacial score (nSPS) is 11.8. The minimum atomic E-state index is -2.75. The van der Waals surface area contributed by atoms with Crippen LogP contribution in [0.4, 0.5) is 0 Å². The summed E-state index contributed by atoms with van der Waals surface area (Å²) >= 11 is 3.59. The first-order valence-corrected chi connectivity index (χ1v) is 14.6. The maximum absolute atomic E-state index is 7.26. The molecule has 0 aliphatic heterocycles. The Hall–Kier alpha value is -2.82. The summed E-state index contributed by atoms with van der Waals surface area (Å²) in [6.07, 6.45) is 0. The largest absolute Gasteiger partial charge is 0.531 e. The fourth-order valence-corrected chi connectivity index (χ4v) is 9.16. The van der Waals surface area contributed by atoms with Gasteiger partial charge in [-0.1, -0.05) is 134 Å². The fraction of sp³-hybridized carbons (Fsp3) is 0.200. The van der Waals surface area contributed by atoms with Gasteiger partial charge in [0.05, 0.1) is 0 Å². The monoisotopic (exact) mass is 530 g/mol. The van der Waals surface area contributed by atoms with Crippen molar-refractivity contribution in [3.05, 3.63) is 120 Å². The molecule has 0 bridgehead atoms. The van der Waals surface area contributed by atoms with Crippen LogP contribution in [0.2, 0.25) is 5.04 Å². The number of rotatable bonds is 8. The highest BCUT2D eigenvalue weighted by molar-refractivity contribution is 9.08. The molecule has 4 heteroatoms. The molecule has 2 nitrogen and oxygen atoms in total. The van der Waals surface area contributed by atoms with Gasteiger partial charge < -0.3 is 9.16 Å². The Morgan fingerprint density at radius 3 is 1.68 bits per heavy atom. The van der Waals surface area contributed by atoms with Gasteiger partial charge in [-0.15, -0.1) is 0 Å². The van der Waals surface area contributed by atoms with Gasteiger partial charge in [-0.05, 0) is 38.7 Å². The molecule has 34 heavy (non-hydrogen) atoms. The first-order valence-electron chi connectivity index (χ1n) is 11.6. The zero-order chi connectivity index (χ0) is 24.0. The molecule has 0 saturated heterocycles. The highest BCUT2D eigenvalue weighted by atomic mass is 79.9. The van der Waals surface area contributed by atoms with Gasteiger partial charge in [0, 0.05) is 5.33 Å². The molecule has 0 N–H and O–H groups in total. The Morgan fingerprint density at radius 1 is 0.647 bits per heavy atom. The average Bonchev–Trinajstić information content (AvgIpc) is 2.87. The zero-order valence-electron chi connectivity index (χ0n) is 20.0. The summed E-state index contributed by atoms with van der Waals surface area (Å²) in [5.74, 6) is 1.56. The van der Waals surface area contributed by atoms with Gasteiger partial charge in [-0.2, -0.15) is 0 Å². The Bertz CT molecular complexity index is 1150. The minimum absolute atomic E-state index is 0.125. The molecule has 4 rings (SSSR count). The molecule has 0 aliphatic rings. The second-order valence-corrected chi connectivity index (χ2v) is 14.2. The topological polar surface area (TPSA) is 18.5 Å². The number of alkyl halides is 1. The third-order valence-corrected chi connectivity index (χ3v) is 11.7. The van der Waals surface area contributed by atoms with E-state index in [9.17, 15) is 0 Å². The van der Waals surface area contributed by atoms with Gasteiger partial charge in [0.1, 0.15) is 12.4 Å². The van der Waals surface area contributed by atoms with Gasteiger partial charge in [0.2, 0.25) is 0 Å². The number of hydrogen-bond donors (Lipinski definition) is 0. The standard InChI is InChI=1S/C30H31BrO2Si/c1-30(2,3)34(26-15-9-5-10-16-26,27-17-11-6-12-18-27)33-28-20-19-25(22-31)21-29(28)32-23-24-13-7-4-8-14-24/h4-21H,22-23H2,1-3H3. The van der Waals surface area contributed by atoms with Crippen LogP contribution in [0.1, 0.15) is 31.9 Å². The molecular weight excluding hydrogens is 500 g/mol. The molecule has 174 valence electrons. The minimum Gasteiger partial charge on any atom is -0.531 e. The summed E-state index contributed by atoms with van der Waals surface area (Å²) in [6.45, 7) is 7.35. The summed E-state index contributed by atoms with van der Waals surface area (Å²) < 4.78 is 13.6. The third-order valence-electron chi connectivity index (χ3n) is 6.08. The predicted octanol–water partition coefficient (Wildman–Crippen LogP) is 7.10. The van der Waals surface area contributed by atoms with Crippen molar-refractivity contribution in [3.63, 3.8) is 0 Å². The lowest BCUT2D eigenvalue weighted by atomic mass is 10.2. The summed E-state index contributed by atoms with van der Waals surface area (Å²) in [6, 6.07) is 37.9. The van der Waals surface area contributed by atoms with Gasteiger partial charge in [0.25, 0.3) is 0 Å². The Kier molecular flexibility index (Phi) is 7.59. The second kappa shape index (κ2) is 10.6. The van der Waals surface area contributed by atoms with Gasteiger partial charge in [-0.25, -0.2) is 0 Å². The van der Waals surface area contributed by atoms with Crippen LogP contribution in [-0.2, 0) is 11.9 Å². The van der Waals surface area contributed by atoms with Crippen molar-refractivity contribution in [2.75, 3.05) is 0 Å². The van der Waals surface area contributed by atoms with E-state index in [1.165, 1.54) is 10.4 Å². The molecule has 0 heterocycles. The van der Waals surface area contributed by atoms with Crippen molar-refractivity contribution in [1.29, 1.82) is 0 Å². The second-order valence-electron chi connectivity index (χ2n) is 9.45. The van der Waals surface area contributed by atoms with E-state index in [0.29, 0.717) is 6.61 Å². The Morgan fingerprint density at radius 2 is 1.18 bits per heavy atom. The number of ether oxygens (including phenoxy) is 1. The van der Waals surface area contributed by atoms with Crippen molar-refractivity contribution in [2.24, 2.45) is 0 Å². The Labute approximate surface area is 212 Å². The molecule has 0 radical (unpaired) electrons. The van der Waals surface area contributed by atoms with Crippen LogP contribution in [-0.4, -0.2) is 8.32 Å². The first-order chi connectivity index (χ1) is 16.4. The molecule has 0 unspecified atom stereocenters. The molecule has 0 amide bonds. The highest BCUT2D eigenvalue weighted by Crippen LogP contribution is 2.40. The van der Waals surface area contributed by atoms with Gasteiger partial charge >= 0.3 is 8.32 Å². The van der Waals surface area contributed by atoms with E-state index < -0.39 is 8.32 Å². The predicted molar refractivity (Wildman–Crippen MR) is 148 cm³/mol.